The summed E-state index contributed by atoms with van der Waals surface area (Å²) in [7, 11) is 1.68. The molecule has 1 N–H and O–H groups in total. The second-order valence-electron chi connectivity index (χ2n) is 9.25. The van der Waals surface area contributed by atoms with Gasteiger partial charge in [0, 0.05) is 35.9 Å². The highest BCUT2D eigenvalue weighted by Gasteiger charge is 2.53. The van der Waals surface area contributed by atoms with E-state index in [-0.39, 0.29) is 18.4 Å². The van der Waals surface area contributed by atoms with Gasteiger partial charge in [-0.1, -0.05) is 36.4 Å². The Morgan fingerprint density at radius 1 is 1.22 bits per heavy atom. The molecule has 6 rings (SSSR count). The third-order valence-electron chi connectivity index (χ3n) is 7.68. The second kappa shape index (κ2) is 9.22. The minimum Gasteiger partial charge on any atom is -1.00 e. The summed E-state index contributed by atoms with van der Waals surface area (Å²) in [6, 6.07) is 18.8. The molecule has 5 atom stereocenters. The van der Waals surface area contributed by atoms with Crippen molar-refractivity contribution < 1.29 is 26.7 Å². The van der Waals surface area contributed by atoms with Crippen molar-refractivity contribution in [3.8, 4) is 5.75 Å². The van der Waals surface area contributed by atoms with Crippen LogP contribution in [0.5, 0.6) is 5.75 Å². The summed E-state index contributed by atoms with van der Waals surface area (Å²) in [5, 5.41) is 12.8. The molecule has 3 aliphatic rings. The van der Waals surface area contributed by atoms with Gasteiger partial charge in [0.2, 0.25) is 0 Å². The number of fused-ring (bicyclic) bond motifs is 4. The fourth-order valence-electron chi connectivity index (χ4n) is 6.07. The summed E-state index contributed by atoms with van der Waals surface area (Å²) in [5.41, 5.74) is 3.19. The highest BCUT2D eigenvalue weighted by molar-refractivity contribution is 5.83. The van der Waals surface area contributed by atoms with E-state index < -0.39 is 6.10 Å². The number of hydrogen-bond donors (Lipinski definition) is 1. The molecular formula is C27H31ClN2O2. The number of pyridine rings is 1. The van der Waals surface area contributed by atoms with E-state index in [2.05, 4.69) is 48.0 Å². The first kappa shape index (κ1) is 22.8. The van der Waals surface area contributed by atoms with Gasteiger partial charge in [0.25, 0.3) is 0 Å². The molecule has 1 unspecified atom stereocenters. The average molecular weight is 451 g/mol. The molecule has 4 heterocycles. The predicted octanol–water partition coefficient (Wildman–Crippen LogP) is 1.89. The van der Waals surface area contributed by atoms with Gasteiger partial charge in [0.05, 0.1) is 25.7 Å². The van der Waals surface area contributed by atoms with Crippen LogP contribution >= 0.6 is 0 Å². The van der Waals surface area contributed by atoms with E-state index in [1.54, 1.807) is 7.11 Å². The number of aliphatic hydroxyl groups excluding tert-OH is 1. The van der Waals surface area contributed by atoms with Gasteiger partial charge in [-0.25, -0.2) is 0 Å². The van der Waals surface area contributed by atoms with E-state index in [4.69, 9.17) is 4.74 Å². The summed E-state index contributed by atoms with van der Waals surface area (Å²) >= 11 is 0. The highest BCUT2D eigenvalue weighted by atomic mass is 35.5. The lowest BCUT2D eigenvalue weighted by Crippen LogP contribution is -3.00. The molecule has 168 valence electrons. The maximum absolute atomic E-state index is 11.8. The number of halogens is 1. The standard InChI is InChI=1S/C27H31N2O2.ClH/c1-3-20-18-29(17-19-7-5-4-6-8-19)14-12-21(20)15-26(29)27(30)23-11-13-28-25-10-9-22(31-2)16-24(23)25;/h3-11,13,16,20-21,26-27,30H,1,12,14-15,17-18H2,2H3;1H/q+1;/p-1/t20-,21+,26-,27+,29?;/m0./s1. The Bertz CT molecular complexity index is 1090. The first-order chi connectivity index (χ1) is 15.1. The molecule has 2 aromatic carbocycles. The number of rotatable bonds is 6. The molecule has 2 bridgehead atoms. The van der Waals surface area contributed by atoms with Crippen LogP contribution in [0.2, 0.25) is 0 Å². The molecular weight excluding hydrogens is 420 g/mol. The Kier molecular flexibility index (Phi) is 6.57. The van der Waals surface area contributed by atoms with E-state index >= 15 is 0 Å². The van der Waals surface area contributed by atoms with Crippen molar-refractivity contribution in [1.29, 1.82) is 0 Å². The van der Waals surface area contributed by atoms with Crippen molar-refractivity contribution in [3.05, 3.63) is 84.6 Å². The minimum absolute atomic E-state index is 0. The van der Waals surface area contributed by atoms with Crippen molar-refractivity contribution in [1.82, 2.24) is 4.98 Å². The van der Waals surface area contributed by atoms with Gasteiger partial charge in [-0.3, -0.25) is 4.98 Å². The maximum atomic E-state index is 11.8. The van der Waals surface area contributed by atoms with Crippen LogP contribution in [0.3, 0.4) is 0 Å². The van der Waals surface area contributed by atoms with Crippen molar-refractivity contribution in [2.45, 2.75) is 31.5 Å². The maximum Gasteiger partial charge on any atom is 0.131 e. The molecule has 4 nitrogen and oxygen atoms in total. The number of piperidine rings is 3. The molecule has 3 fully saturated rings. The van der Waals surface area contributed by atoms with Gasteiger partial charge in [0.1, 0.15) is 24.4 Å². The molecule has 5 heteroatoms. The third-order valence-corrected chi connectivity index (χ3v) is 7.68. The molecule has 0 aliphatic carbocycles. The van der Waals surface area contributed by atoms with Gasteiger partial charge in [0.15, 0.2) is 0 Å². The lowest BCUT2D eigenvalue weighted by atomic mass is 9.71. The molecule has 0 radical (unpaired) electrons. The number of nitrogens with zero attached hydrogens (tertiary/aromatic N) is 2. The minimum atomic E-state index is -0.546. The van der Waals surface area contributed by atoms with E-state index in [1.165, 1.54) is 12.0 Å². The Balaban J connectivity index is 0.00000245. The van der Waals surface area contributed by atoms with Crippen molar-refractivity contribution in [2.75, 3.05) is 20.2 Å². The van der Waals surface area contributed by atoms with Crippen LogP contribution in [-0.4, -0.2) is 40.8 Å². The summed E-state index contributed by atoms with van der Waals surface area (Å²) < 4.78 is 6.38. The molecule has 0 amide bonds. The number of hydrogen-bond acceptors (Lipinski definition) is 3. The number of methoxy groups -OCH3 is 1. The number of benzene rings is 2. The van der Waals surface area contributed by atoms with E-state index in [0.29, 0.717) is 11.8 Å². The number of ether oxygens (including phenoxy) is 1. The first-order valence-corrected chi connectivity index (χ1v) is 11.3. The van der Waals surface area contributed by atoms with Gasteiger partial charge in [-0.05, 0) is 35.7 Å². The molecule has 32 heavy (non-hydrogen) atoms. The van der Waals surface area contributed by atoms with Crippen molar-refractivity contribution in [2.24, 2.45) is 11.8 Å². The molecule has 0 spiro atoms. The zero-order valence-electron chi connectivity index (χ0n) is 18.5. The smallest absolute Gasteiger partial charge is 0.131 e. The van der Waals surface area contributed by atoms with Crippen molar-refractivity contribution in [3.63, 3.8) is 0 Å². The van der Waals surface area contributed by atoms with Crippen LogP contribution in [-0.2, 0) is 6.54 Å². The normalized spacial score (nSPS) is 27.5. The lowest BCUT2D eigenvalue weighted by molar-refractivity contribution is -0.984. The molecule has 0 saturated carbocycles. The SMILES string of the molecule is C=C[C@H]1C[N+]2(Cc3ccccc3)CC[C@@H]1C[C@H]2[C@H](O)c1ccnc2ccc(OC)cc12.[Cl-]. The summed E-state index contributed by atoms with van der Waals surface area (Å²) in [4.78, 5) is 4.52. The largest absolute Gasteiger partial charge is 1.00 e. The van der Waals surface area contributed by atoms with E-state index in [0.717, 1.165) is 52.8 Å². The summed E-state index contributed by atoms with van der Waals surface area (Å²) in [5.74, 6) is 1.92. The Hall–Kier alpha value is -2.40. The zero-order chi connectivity index (χ0) is 21.4. The Morgan fingerprint density at radius 2 is 2.03 bits per heavy atom. The fourth-order valence-corrected chi connectivity index (χ4v) is 6.07. The first-order valence-electron chi connectivity index (χ1n) is 11.3. The summed E-state index contributed by atoms with van der Waals surface area (Å²) in [6.45, 7) is 7.25. The molecule has 1 aromatic heterocycles. The van der Waals surface area contributed by atoms with Crippen molar-refractivity contribution >= 4 is 10.9 Å². The van der Waals surface area contributed by atoms with Gasteiger partial charge in [-0.15, -0.1) is 6.58 Å². The average Bonchev–Trinajstić information content (AvgIpc) is 2.83. The molecule has 3 aliphatic heterocycles. The number of aliphatic hydroxyl groups is 1. The fraction of sp³-hybridized carbons (Fsp3) is 0.370. The summed E-state index contributed by atoms with van der Waals surface area (Å²) in [6.07, 6.45) is 5.65. The van der Waals surface area contributed by atoms with Crippen LogP contribution in [0.1, 0.15) is 30.1 Å². The van der Waals surface area contributed by atoms with Crippen LogP contribution in [0, 0.1) is 11.8 Å². The van der Waals surface area contributed by atoms with Gasteiger partial charge in [-0.2, -0.15) is 0 Å². The van der Waals surface area contributed by atoms with Crippen LogP contribution in [0.15, 0.2) is 73.4 Å². The molecule has 3 saturated heterocycles. The third kappa shape index (κ3) is 3.92. The zero-order valence-corrected chi connectivity index (χ0v) is 19.3. The monoisotopic (exact) mass is 450 g/mol. The quantitative estimate of drug-likeness (QED) is 0.460. The Morgan fingerprint density at radius 3 is 2.78 bits per heavy atom. The predicted molar refractivity (Wildman–Crippen MR) is 124 cm³/mol. The molecule has 3 aromatic rings. The topological polar surface area (TPSA) is 42.4 Å². The second-order valence-corrected chi connectivity index (χ2v) is 9.25. The lowest BCUT2D eigenvalue weighted by Gasteiger charge is -2.58. The van der Waals surface area contributed by atoms with Crippen LogP contribution in [0.25, 0.3) is 10.9 Å². The number of aromatic nitrogens is 1. The Labute approximate surface area is 196 Å². The number of quaternary nitrogens is 1. The van der Waals surface area contributed by atoms with Gasteiger partial charge < -0.3 is 26.7 Å². The van der Waals surface area contributed by atoms with E-state index in [1.807, 2.05) is 30.5 Å². The van der Waals surface area contributed by atoms with Crippen LogP contribution < -0.4 is 17.1 Å². The van der Waals surface area contributed by atoms with Gasteiger partial charge >= 0.3 is 0 Å². The van der Waals surface area contributed by atoms with Crippen LogP contribution in [0.4, 0.5) is 0 Å². The van der Waals surface area contributed by atoms with E-state index in [9.17, 15) is 5.11 Å². The highest BCUT2D eigenvalue weighted by Crippen LogP contribution is 2.48.